The maximum absolute atomic E-state index is 11.9. The summed E-state index contributed by atoms with van der Waals surface area (Å²) in [6.07, 6.45) is 1.19. The van der Waals surface area contributed by atoms with Crippen molar-refractivity contribution in [2.75, 3.05) is 12.3 Å². The van der Waals surface area contributed by atoms with Crippen molar-refractivity contribution < 1.29 is 4.79 Å². The summed E-state index contributed by atoms with van der Waals surface area (Å²) in [5.74, 6) is 0.929. The van der Waals surface area contributed by atoms with Gasteiger partial charge in [0.2, 0.25) is 0 Å². The number of carbonyl (C=O) groups excluding carboxylic acids is 1. The van der Waals surface area contributed by atoms with Crippen molar-refractivity contribution in [1.82, 2.24) is 10.3 Å². The molecule has 4 heteroatoms. The van der Waals surface area contributed by atoms with Crippen LogP contribution in [0.4, 0.5) is 5.82 Å². The number of pyridine rings is 1. The molecule has 0 saturated heterocycles. The van der Waals surface area contributed by atoms with E-state index in [1.807, 2.05) is 6.92 Å². The van der Waals surface area contributed by atoms with E-state index >= 15 is 0 Å². The molecule has 0 radical (unpaired) electrons. The number of rotatable bonds is 3. The molecule has 1 heterocycles. The molecule has 0 aliphatic heterocycles. The van der Waals surface area contributed by atoms with Crippen LogP contribution in [0.3, 0.4) is 0 Å². The van der Waals surface area contributed by atoms with Gasteiger partial charge in [0.1, 0.15) is 5.82 Å². The van der Waals surface area contributed by atoms with Crippen LogP contribution in [0.15, 0.2) is 12.1 Å². The Morgan fingerprint density at radius 1 is 1.59 bits per heavy atom. The molecule has 1 aromatic heterocycles. The van der Waals surface area contributed by atoms with E-state index in [-0.39, 0.29) is 5.91 Å². The van der Waals surface area contributed by atoms with Gasteiger partial charge in [-0.25, -0.2) is 4.98 Å². The van der Waals surface area contributed by atoms with Gasteiger partial charge in [-0.2, -0.15) is 0 Å². The fourth-order valence-electron chi connectivity index (χ4n) is 2.07. The van der Waals surface area contributed by atoms with Crippen LogP contribution < -0.4 is 11.1 Å². The van der Waals surface area contributed by atoms with Gasteiger partial charge in [-0.05, 0) is 36.8 Å². The summed E-state index contributed by atoms with van der Waals surface area (Å²) in [5, 5.41) is 2.95. The summed E-state index contributed by atoms with van der Waals surface area (Å²) in [5.41, 5.74) is 7.36. The predicted molar refractivity (Wildman–Crippen MR) is 67.6 cm³/mol. The van der Waals surface area contributed by atoms with E-state index in [1.165, 1.54) is 6.42 Å². The van der Waals surface area contributed by atoms with Gasteiger partial charge in [0.15, 0.2) is 0 Å². The third kappa shape index (κ3) is 2.75. The highest BCUT2D eigenvalue weighted by Gasteiger charge is 2.45. The van der Waals surface area contributed by atoms with E-state index < -0.39 is 0 Å². The van der Waals surface area contributed by atoms with Crippen LogP contribution in [0.25, 0.3) is 0 Å². The topological polar surface area (TPSA) is 68.0 Å². The van der Waals surface area contributed by atoms with E-state index in [1.54, 1.807) is 12.1 Å². The standard InChI is InChI=1S/C13H19N3O/c1-8-4-9(5-11(14)16-8)12(17)15-7-10-6-13(10,2)3/h4-5,10H,6-7H2,1-3H3,(H2,14,16)(H,15,17). The molecule has 1 unspecified atom stereocenters. The highest BCUT2D eigenvalue weighted by Crippen LogP contribution is 2.50. The summed E-state index contributed by atoms with van der Waals surface area (Å²) in [6, 6.07) is 3.37. The predicted octanol–water partition coefficient (Wildman–Crippen LogP) is 1.75. The highest BCUT2D eigenvalue weighted by molar-refractivity contribution is 5.94. The molecule has 2 rings (SSSR count). The van der Waals surface area contributed by atoms with Crippen molar-refractivity contribution in [1.29, 1.82) is 0 Å². The molecule has 0 spiro atoms. The second-order valence-electron chi connectivity index (χ2n) is 5.52. The Morgan fingerprint density at radius 3 is 2.76 bits per heavy atom. The monoisotopic (exact) mass is 233 g/mol. The lowest BCUT2D eigenvalue weighted by atomic mass is 10.1. The first-order valence-corrected chi connectivity index (χ1v) is 5.91. The van der Waals surface area contributed by atoms with Crippen molar-refractivity contribution in [3.8, 4) is 0 Å². The number of amides is 1. The SMILES string of the molecule is Cc1cc(C(=O)NCC2CC2(C)C)cc(N)n1. The molecule has 1 aromatic rings. The molecule has 1 amide bonds. The Morgan fingerprint density at radius 2 is 2.24 bits per heavy atom. The Balaban J connectivity index is 1.95. The van der Waals surface area contributed by atoms with Crippen molar-refractivity contribution in [3.63, 3.8) is 0 Å². The zero-order chi connectivity index (χ0) is 12.6. The number of aryl methyl sites for hydroxylation is 1. The fourth-order valence-corrected chi connectivity index (χ4v) is 2.07. The van der Waals surface area contributed by atoms with E-state index in [9.17, 15) is 4.79 Å². The van der Waals surface area contributed by atoms with Crippen molar-refractivity contribution in [2.45, 2.75) is 27.2 Å². The molecule has 1 fully saturated rings. The van der Waals surface area contributed by atoms with Gasteiger partial charge in [-0.15, -0.1) is 0 Å². The van der Waals surface area contributed by atoms with Crippen LogP contribution in [0, 0.1) is 18.3 Å². The van der Waals surface area contributed by atoms with E-state index in [4.69, 9.17) is 5.73 Å². The van der Waals surface area contributed by atoms with Crippen molar-refractivity contribution in [3.05, 3.63) is 23.4 Å². The minimum absolute atomic E-state index is 0.0649. The van der Waals surface area contributed by atoms with Gasteiger partial charge in [0.05, 0.1) is 0 Å². The first kappa shape index (κ1) is 11.9. The van der Waals surface area contributed by atoms with Gasteiger partial charge in [-0.3, -0.25) is 4.79 Å². The number of nitrogens with two attached hydrogens (primary N) is 1. The second kappa shape index (κ2) is 4.02. The quantitative estimate of drug-likeness (QED) is 0.835. The Bertz CT molecular complexity index is 434. The smallest absolute Gasteiger partial charge is 0.251 e. The Labute approximate surface area is 102 Å². The van der Waals surface area contributed by atoms with Gasteiger partial charge in [-0.1, -0.05) is 13.8 Å². The number of nitrogen functional groups attached to an aromatic ring is 1. The fraction of sp³-hybridized carbons (Fsp3) is 0.538. The van der Waals surface area contributed by atoms with E-state index in [2.05, 4.69) is 24.1 Å². The number of carbonyl (C=O) groups is 1. The van der Waals surface area contributed by atoms with E-state index in [0.717, 1.165) is 12.2 Å². The molecule has 0 aromatic carbocycles. The number of nitrogens with one attached hydrogen (secondary N) is 1. The Hall–Kier alpha value is -1.58. The third-order valence-electron chi connectivity index (χ3n) is 3.46. The van der Waals surface area contributed by atoms with Crippen LogP contribution in [-0.4, -0.2) is 17.4 Å². The summed E-state index contributed by atoms with van der Waals surface area (Å²) >= 11 is 0. The molecule has 17 heavy (non-hydrogen) atoms. The average Bonchev–Trinajstić information content (AvgIpc) is 2.81. The lowest BCUT2D eigenvalue weighted by Crippen LogP contribution is -2.26. The molecule has 1 atom stereocenters. The third-order valence-corrected chi connectivity index (χ3v) is 3.46. The van der Waals surface area contributed by atoms with Gasteiger partial charge in [0.25, 0.3) is 5.91 Å². The molecule has 1 saturated carbocycles. The number of nitrogens with zero attached hydrogens (tertiary/aromatic N) is 1. The Kier molecular flexibility index (Phi) is 2.81. The maximum atomic E-state index is 11.9. The minimum atomic E-state index is -0.0649. The highest BCUT2D eigenvalue weighted by atomic mass is 16.1. The number of hydrogen-bond donors (Lipinski definition) is 2. The largest absolute Gasteiger partial charge is 0.384 e. The molecule has 1 aliphatic carbocycles. The van der Waals surface area contributed by atoms with Crippen LogP contribution in [0.2, 0.25) is 0 Å². The summed E-state index contributed by atoms with van der Waals surface area (Å²) in [4.78, 5) is 15.9. The minimum Gasteiger partial charge on any atom is -0.384 e. The summed E-state index contributed by atoms with van der Waals surface area (Å²) < 4.78 is 0. The van der Waals surface area contributed by atoms with Crippen LogP contribution >= 0.6 is 0 Å². The summed E-state index contributed by atoms with van der Waals surface area (Å²) in [6.45, 7) is 7.01. The van der Waals surface area contributed by atoms with Crippen LogP contribution in [0.5, 0.6) is 0 Å². The lowest BCUT2D eigenvalue weighted by molar-refractivity contribution is 0.0950. The summed E-state index contributed by atoms with van der Waals surface area (Å²) in [7, 11) is 0. The van der Waals surface area contributed by atoms with Crippen LogP contribution in [0.1, 0.15) is 36.3 Å². The van der Waals surface area contributed by atoms with Crippen molar-refractivity contribution >= 4 is 11.7 Å². The first-order valence-electron chi connectivity index (χ1n) is 5.91. The number of hydrogen-bond acceptors (Lipinski definition) is 3. The second-order valence-corrected chi connectivity index (χ2v) is 5.52. The molecule has 92 valence electrons. The first-order chi connectivity index (χ1) is 7.88. The molecule has 1 aliphatic rings. The molecule has 4 nitrogen and oxygen atoms in total. The van der Waals surface area contributed by atoms with Crippen LogP contribution in [-0.2, 0) is 0 Å². The number of aromatic nitrogens is 1. The molecular weight excluding hydrogens is 214 g/mol. The molecular formula is C13H19N3O. The molecule has 0 bridgehead atoms. The van der Waals surface area contributed by atoms with E-state index in [0.29, 0.717) is 22.7 Å². The average molecular weight is 233 g/mol. The van der Waals surface area contributed by atoms with Gasteiger partial charge >= 0.3 is 0 Å². The van der Waals surface area contributed by atoms with Gasteiger partial charge in [0, 0.05) is 17.8 Å². The zero-order valence-corrected chi connectivity index (χ0v) is 10.6. The lowest BCUT2D eigenvalue weighted by Gasteiger charge is -2.07. The number of anilines is 1. The molecule has 3 N–H and O–H groups in total. The zero-order valence-electron chi connectivity index (χ0n) is 10.6. The van der Waals surface area contributed by atoms with Crippen molar-refractivity contribution in [2.24, 2.45) is 11.3 Å². The van der Waals surface area contributed by atoms with Gasteiger partial charge < -0.3 is 11.1 Å². The maximum Gasteiger partial charge on any atom is 0.251 e. The normalized spacial score (nSPS) is 21.0.